The molecular weight excluding hydrogens is 224 g/mol. The predicted molar refractivity (Wildman–Crippen MR) is 70.6 cm³/mol. The Labute approximate surface area is 110 Å². The van der Waals surface area contributed by atoms with Gasteiger partial charge in [-0.3, -0.25) is 4.79 Å². The van der Waals surface area contributed by atoms with Gasteiger partial charge in [-0.05, 0) is 49.9 Å². The summed E-state index contributed by atoms with van der Waals surface area (Å²) in [5.74, 6) is 2.41. The standard InChI is InChI=1S/C15H24N2O/c1-10(2)15(3,9-16)17-14(18)8-13-7-11-4-5-12(13)6-11/h10-13H,4-8H2,1-3H3,(H,17,18). The number of carbonyl (C=O) groups excluding carboxylic acids is 1. The monoisotopic (exact) mass is 248 g/mol. The first-order chi connectivity index (χ1) is 8.44. The number of carbonyl (C=O) groups is 1. The number of fused-ring (bicyclic) bond motifs is 2. The molecule has 1 N–H and O–H groups in total. The summed E-state index contributed by atoms with van der Waals surface area (Å²) >= 11 is 0. The highest BCUT2D eigenvalue weighted by Gasteiger charge is 2.41. The van der Waals surface area contributed by atoms with Crippen molar-refractivity contribution in [1.82, 2.24) is 5.32 Å². The molecule has 18 heavy (non-hydrogen) atoms. The molecular formula is C15H24N2O. The quantitative estimate of drug-likeness (QED) is 0.831. The van der Waals surface area contributed by atoms with E-state index in [1.54, 1.807) is 0 Å². The molecule has 3 nitrogen and oxygen atoms in total. The van der Waals surface area contributed by atoms with E-state index in [2.05, 4.69) is 11.4 Å². The zero-order valence-electron chi connectivity index (χ0n) is 11.7. The highest BCUT2D eigenvalue weighted by molar-refractivity contribution is 5.77. The van der Waals surface area contributed by atoms with Crippen LogP contribution in [0.4, 0.5) is 0 Å². The molecule has 0 aromatic heterocycles. The second kappa shape index (κ2) is 4.91. The van der Waals surface area contributed by atoms with E-state index in [1.807, 2.05) is 20.8 Å². The van der Waals surface area contributed by atoms with E-state index in [0.29, 0.717) is 12.3 Å². The molecule has 3 heteroatoms. The van der Waals surface area contributed by atoms with Gasteiger partial charge in [0.1, 0.15) is 5.54 Å². The third-order valence-electron chi connectivity index (χ3n) is 5.12. The fourth-order valence-corrected chi connectivity index (χ4v) is 3.51. The van der Waals surface area contributed by atoms with Crippen LogP contribution in [0.5, 0.6) is 0 Å². The normalized spacial score (nSPS) is 33.2. The molecule has 2 saturated carbocycles. The average Bonchev–Trinajstić information content (AvgIpc) is 2.90. The van der Waals surface area contributed by atoms with E-state index in [9.17, 15) is 10.1 Å². The lowest BCUT2D eigenvalue weighted by atomic mass is 9.85. The number of nitrogens with one attached hydrogen (secondary N) is 1. The minimum absolute atomic E-state index is 0.0605. The van der Waals surface area contributed by atoms with Crippen LogP contribution in [-0.4, -0.2) is 11.4 Å². The lowest BCUT2D eigenvalue weighted by Crippen LogP contribution is -2.49. The van der Waals surface area contributed by atoms with Crippen LogP contribution in [-0.2, 0) is 4.79 Å². The third-order valence-corrected chi connectivity index (χ3v) is 5.12. The van der Waals surface area contributed by atoms with Crippen LogP contribution in [0, 0.1) is 35.0 Å². The van der Waals surface area contributed by atoms with Crippen molar-refractivity contribution in [3.8, 4) is 6.07 Å². The molecule has 2 aliphatic carbocycles. The Hall–Kier alpha value is -1.04. The predicted octanol–water partition coefficient (Wildman–Crippen LogP) is 2.87. The van der Waals surface area contributed by atoms with Crippen molar-refractivity contribution in [2.45, 2.75) is 58.4 Å². The van der Waals surface area contributed by atoms with Gasteiger partial charge < -0.3 is 5.32 Å². The van der Waals surface area contributed by atoms with Crippen LogP contribution in [0.3, 0.4) is 0 Å². The Morgan fingerprint density at radius 3 is 2.61 bits per heavy atom. The number of nitrogens with zero attached hydrogens (tertiary/aromatic N) is 1. The van der Waals surface area contributed by atoms with Gasteiger partial charge in [0.15, 0.2) is 0 Å². The highest BCUT2D eigenvalue weighted by Crippen LogP contribution is 2.49. The second-order valence-corrected chi connectivity index (χ2v) is 6.66. The summed E-state index contributed by atoms with van der Waals surface area (Å²) in [7, 11) is 0. The van der Waals surface area contributed by atoms with Gasteiger partial charge in [-0.2, -0.15) is 5.26 Å². The second-order valence-electron chi connectivity index (χ2n) is 6.66. The summed E-state index contributed by atoms with van der Waals surface area (Å²) in [6, 6.07) is 2.24. The minimum Gasteiger partial charge on any atom is -0.338 e. The number of hydrogen-bond acceptors (Lipinski definition) is 2. The molecule has 0 aromatic rings. The van der Waals surface area contributed by atoms with Gasteiger partial charge in [0.2, 0.25) is 5.91 Å². The van der Waals surface area contributed by atoms with E-state index in [4.69, 9.17) is 0 Å². The molecule has 0 aliphatic heterocycles. The fourth-order valence-electron chi connectivity index (χ4n) is 3.51. The van der Waals surface area contributed by atoms with Crippen molar-refractivity contribution in [2.75, 3.05) is 0 Å². The van der Waals surface area contributed by atoms with Gasteiger partial charge in [-0.15, -0.1) is 0 Å². The van der Waals surface area contributed by atoms with E-state index in [1.165, 1.54) is 25.7 Å². The fraction of sp³-hybridized carbons (Fsp3) is 0.867. The molecule has 2 aliphatic rings. The summed E-state index contributed by atoms with van der Waals surface area (Å²) in [5.41, 5.74) is -0.727. The van der Waals surface area contributed by atoms with Gasteiger partial charge in [-0.25, -0.2) is 0 Å². The van der Waals surface area contributed by atoms with Gasteiger partial charge >= 0.3 is 0 Å². The van der Waals surface area contributed by atoms with Crippen molar-refractivity contribution in [3.05, 3.63) is 0 Å². The Morgan fingerprint density at radius 1 is 1.44 bits per heavy atom. The first kappa shape index (κ1) is 13.4. The number of amides is 1. The average molecular weight is 248 g/mol. The zero-order valence-corrected chi connectivity index (χ0v) is 11.7. The molecule has 4 atom stereocenters. The van der Waals surface area contributed by atoms with Gasteiger partial charge in [0, 0.05) is 6.42 Å². The van der Waals surface area contributed by atoms with Gasteiger partial charge in [0.25, 0.3) is 0 Å². The maximum absolute atomic E-state index is 12.1. The SMILES string of the molecule is CC(C)C(C)(C#N)NC(=O)CC1CC2CCC1C2. The summed E-state index contributed by atoms with van der Waals surface area (Å²) in [6.45, 7) is 5.76. The number of rotatable bonds is 4. The van der Waals surface area contributed by atoms with Crippen LogP contribution in [0.1, 0.15) is 52.9 Å². The van der Waals surface area contributed by atoms with Crippen molar-refractivity contribution < 1.29 is 4.79 Å². The van der Waals surface area contributed by atoms with Crippen LogP contribution in [0.25, 0.3) is 0 Å². The van der Waals surface area contributed by atoms with E-state index in [-0.39, 0.29) is 11.8 Å². The zero-order chi connectivity index (χ0) is 13.3. The molecule has 0 radical (unpaired) electrons. The van der Waals surface area contributed by atoms with E-state index >= 15 is 0 Å². The van der Waals surface area contributed by atoms with Crippen LogP contribution in [0.2, 0.25) is 0 Å². The summed E-state index contributed by atoms with van der Waals surface area (Å²) < 4.78 is 0. The lowest BCUT2D eigenvalue weighted by Gasteiger charge is -2.29. The van der Waals surface area contributed by atoms with Gasteiger partial charge in [-0.1, -0.05) is 20.3 Å². The highest BCUT2D eigenvalue weighted by atomic mass is 16.1. The molecule has 1 amide bonds. The first-order valence-corrected chi connectivity index (χ1v) is 7.17. The Bertz CT molecular complexity index is 371. The molecule has 4 unspecified atom stereocenters. The van der Waals surface area contributed by atoms with Crippen LogP contribution >= 0.6 is 0 Å². The Balaban J connectivity index is 1.88. The van der Waals surface area contributed by atoms with E-state index < -0.39 is 5.54 Å². The van der Waals surface area contributed by atoms with Crippen molar-refractivity contribution >= 4 is 5.91 Å². The molecule has 2 fully saturated rings. The smallest absolute Gasteiger partial charge is 0.221 e. The van der Waals surface area contributed by atoms with Crippen molar-refractivity contribution in [2.24, 2.45) is 23.7 Å². The maximum atomic E-state index is 12.1. The van der Waals surface area contributed by atoms with Gasteiger partial charge in [0.05, 0.1) is 6.07 Å². The molecule has 0 saturated heterocycles. The van der Waals surface area contributed by atoms with Crippen molar-refractivity contribution in [3.63, 3.8) is 0 Å². The summed E-state index contributed by atoms with van der Waals surface area (Å²) in [5, 5.41) is 12.1. The largest absolute Gasteiger partial charge is 0.338 e. The lowest BCUT2D eigenvalue weighted by molar-refractivity contribution is -0.124. The molecule has 0 aromatic carbocycles. The maximum Gasteiger partial charge on any atom is 0.221 e. The summed E-state index contributed by atoms with van der Waals surface area (Å²) in [4.78, 5) is 12.1. The Kier molecular flexibility index (Phi) is 3.66. The van der Waals surface area contributed by atoms with E-state index in [0.717, 1.165) is 11.8 Å². The Morgan fingerprint density at radius 2 is 2.17 bits per heavy atom. The topological polar surface area (TPSA) is 52.9 Å². The van der Waals surface area contributed by atoms with Crippen LogP contribution < -0.4 is 5.32 Å². The van der Waals surface area contributed by atoms with Crippen LogP contribution in [0.15, 0.2) is 0 Å². The first-order valence-electron chi connectivity index (χ1n) is 7.17. The molecule has 2 rings (SSSR count). The molecule has 0 spiro atoms. The van der Waals surface area contributed by atoms with Crippen molar-refractivity contribution in [1.29, 1.82) is 5.26 Å². The number of hydrogen-bond donors (Lipinski definition) is 1. The molecule has 100 valence electrons. The molecule has 2 bridgehead atoms. The number of nitriles is 1. The molecule has 0 heterocycles. The minimum atomic E-state index is -0.727. The third kappa shape index (κ3) is 2.53. The summed E-state index contributed by atoms with van der Waals surface area (Å²) in [6.07, 6.45) is 5.85.